The van der Waals surface area contributed by atoms with E-state index in [2.05, 4.69) is 25.9 Å². The lowest BCUT2D eigenvalue weighted by Crippen LogP contribution is -2.39. The van der Waals surface area contributed by atoms with Crippen molar-refractivity contribution >= 4 is 0 Å². The topological polar surface area (TPSA) is 29.4 Å². The van der Waals surface area contributed by atoms with E-state index in [4.69, 9.17) is 0 Å². The second-order valence-corrected chi connectivity index (χ2v) is 4.95. The van der Waals surface area contributed by atoms with Gasteiger partial charge in [-0.2, -0.15) is 4.91 Å². The Kier molecular flexibility index (Phi) is 4.56. The van der Waals surface area contributed by atoms with Crippen LogP contribution in [0.3, 0.4) is 0 Å². The molecular formula is C12H23NO. The third kappa shape index (κ3) is 2.55. The summed E-state index contributed by atoms with van der Waals surface area (Å²) in [7, 11) is 0. The van der Waals surface area contributed by atoms with Gasteiger partial charge in [-0.05, 0) is 36.5 Å². The molecule has 1 fully saturated rings. The normalized spacial score (nSPS) is 33.5. The summed E-state index contributed by atoms with van der Waals surface area (Å²) in [6.45, 7) is 7.44. The number of hydrogen-bond donors (Lipinski definition) is 0. The van der Waals surface area contributed by atoms with E-state index in [0.717, 1.165) is 30.1 Å². The predicted molar refractivity (Wildman–Crippen MR) is 60.1 cm³/mol. The second-order valence-electron chi connectivity index (χ2n) is 4.95. The van der Waals surface area contributed by atoms with Gasteiger partial charge in [-0.1, -0.05) is 38.8 Å². The molecule has 0 aromatic carbocycles. The van der Waals surface area contributed by atoms with E-state index in [9.17, 15) is 4.91 Å². The van der Waals surface area contributed by atoms with Crippen molar-refractivity contribution in [1.29, 1.82) is 0 Å². The zero-order valence-electron chi connectivity index (χ0n) is 9.70. The molecule has 2 heteroatoms. The molecule has 82 valence electrons. The minimum atomic E-state index is 0.518. The number of hydrogen-bond acceptors (Lipinski definition) is 2. The first-order chi connectivity index (χ1) is 6.70. The highest BCUT2D eigenvalue weighted by molar-refractivity contribution is 4.89. The van der Waals surface area contributed by atoms with Gasteiger partial charge in [-0.15, -0.1) is 0 Å². The van der Waals surface area contributed by atoms with E-state index in [0.29, 0.717) is 6.54 Å². The van der Waals surface area contributed by atoms with Crippen LogP contribution in [0.5, 0.6) is 0 Å². The van der Waals surface area contributed by atoms with Gasteiger partial charge >= 0.3 is 0 Å². The van der Waals surface area contributed by atoms with Gasteiger partial charge in [-0.3, -0.25) is 0 Å². The molecule has 0 bridgehead atoms. The van der Waals surface area contributed by atoms with Crippen molar-refractivity contribution in [2.45, 2.75) is 46.5 Å². The molecule has 1 rings (SSSR count). The van der Waals surface area contributed by atoms with Crippen molar-refractivity contribution in [1.82, 2.24) is 0 Å². The SMILES string of the molecule is CCCC(C)C1CC(C)C1CCN=O. The Hall–Kier alpha value is -0.400. The van der Waals surface area contributed by atoms with E-state index in [1.807, 2.05) is 0 Å². The molecule has 1 aliphatic rings. The summed E-state index contributed by atoms with van der Waals surface area (Å²) in [6, 6.07) is 0. The molecular weight excluding hydrogens is 174 g/mol. The van der Waals surface area contributed by atoms with Crippen molar-refractivity contribution in [2.24, 2.45) is 28.8 Å². The van der Waals surface area contributed by atoms with Crippen molar-refractivity contribution in [3.8, 4) is 0 Å². The highest BCUT2D eigenvalue weighted by Crippen LogP contribution is 2.47. The molecule has 0 heterocycles. The Morgan fingerprint density at radius 1 is 1.50 bits per heavy atom. The van der Waals surface area contributed by atoms with Gasteiger partial charge in [0.05, 0.1) is 6.54 Å². The molecule has 14 heavy (non-hydrogen) atoms. The molecule has 0 radical (unpaired) electrons. The van der Waals surface area contributed by atoms with Crippen LogP contribution in [-0.4, -0.2) is 6.54 Å². The zero-order valence-corrected chi connectivity index (χ0v) is 9.70. The maximum absolute atomic E-state index is 10.1. The minimum Gasteiger partial charge on any atom is -0.151 e. The van der Waals surface area contributed by atoms with Crippen molar-refractivity contribution < 1.29 is 0 Å². The predicted octanol–water partition coefficient (Wildman–Crippen LogP) is 3.85. The molecule has 0 amide bonds. The average Bonchev–Trinajstić information content (AvgIpc) is 2.15. The number of rotatable bonds is 6. The summed E-state index contributed by atoms with van der Waals surface area (Å²) in [4.78, 5) is 10.1. The third-order valence-corrected chi connectivity index (χ3v) is 3.95. The van der Waals surface area contributed by atoms with Gasteiger partial charge in [0, 0.05) is 0 Å². The number of nitrogens with zero attached hydrogens (tertiary/aromatic N) is 1. The Labute approximate surface area is 87.4 Å². The Morgan fingerprint density at radius 3 is 2.71 bits per heavy atom. The van der Waals surface area contributed by atoms with Crippen LogP contribution in [0.2, 0.25) is 0 Å². The van der Waals surface area contributed by atoms with Crippen LogP contribution >= 0.6 is 0 Å². The molecule has 0 aromatic heterocycles. The molecule has 1 aliphatic carbocycles. The lowest BCUT2D eigenvalue weighted by Gasteiger charge is -2.46. The van der Waals surface area contributed by atoms with Gasteiger partial charge in [-0.25, -0.2) is 0 Å². The van der Waals surface area contributed by atoms with Crippen LogP contribution in [0, 0.1) is 28.6 Å². The summed E-state index contributed by atoms with van der Waals surface area (Å²) in [5.41, 5.74) is 0. The van der Waals surface area contributed by atoms with Crippen LogP contribution < -0.4 is 0 Å². The molecule has 4 atom stereocenters. The molecule has 4 unspecified atom stereocenters. The van der Waals surface area contributed by atoms with Crippen LogP contribution in [-0.2, 0) is 0 Å². The summed E-state index contributed by atoms with van der Waals surface area (Å²) < 4.78 is 0. The van der Waals surface area contributed by atoms with Crippen LogP contribution in [0.1, 0.15) is 46.5 Å². The van der Waals surface area contributed by atoms with Crippen LogP contribution in [0.4, 0.5) is 0 Å². The summed E-state index contributed by atoms with van der Waals surface area (Å²) in [5, 5.41) is 2.98. The van der Waals surface area contributed by atoms with Crippen molar-refractivity contribution in [3.63, 3.8) is 0 Å². The fraction of sp³-hybridized carbons (Fsp3) is 1.00. The zero-order chi connectivity index (χ0) is 10.6. The minimum absolute atomic E-state index is 0.518. The van der Waals surface area contributed by atoms with E-state index in [1.165, 1.54) is 19.3 Å². The van der Waals surface area contributed by atoms with Crippen LogP contribution in [0.25, 0.3) is 0 Å². The lowest BCUT2D eigenvalue weighted by atomic mass is 9.59. The lowest BCUT2D eigenvalue weighted by molar-refractivity contribution is 0.0323. The fourth-order valence-electron chi connectivity index (χ4n) is 3.03. The van der Waals surface area contributed by atoms with E-state index in [1.54, 1.807) is 0 Å². The second kappa shape index (κ2) is 5.47. The quantitative estimate of drug-likeness (QED) is 0.595. The van der Waals surface area contributed by atoms with Gasteiger partial charge in [0.2, 0.25) is 0 Å². The van der Waals surface area contributed by atoms with E-state index < -0.39 is 0 Å². The van der Waals surface area contributed by atoms with Crippen molar-refractivity contribution in [2.75, 3.05) is 6.54 Å². The first kappa shape index (κ1) is 11.7. The van der Waals surface area contributed by atoms with Gasteiger partial charge in [0.1, 0.15) is 0 Å². The van der Waals surface area contributed by atoms with Crippen molar-refractivity contribution in [3.05, 3.63) is 4.91 Å². The maximum atomic E-state index is 10.1. The molecule has 0 saturated heterocycles. The molecule has 0 N–H and O–H groups in total. The van der Waals surface area contributed by atoms with E-state index >= 15 is 0 Å². The van der Waals surface area contributed by atoms with Gasteiger partial charge in [0.25, 0.3) is 0 Å². The fourth-order valence-corrected chi connectivity index (χ4v) is 3.03. The van der Waals surface area contributed by atoms with Gasteiger partial charge < -0.3 is 0 Å². The highest BCUT2D eigenvalue weighted by atomic mass is 16.3. The first-order valence-electron chi connectivity index (χ1n) is 5.99. The Balaban J connectivity index is 2.35. The average molecular weight is 197 g/mol. The summed E-state index contributed by atoms with van der Waals surface area (Å²) in [6.07, 6.45) is 5.00. The monoisotopic (exact) mass is 197 g/mol. The highest BCUT2D eigenvalue weighted by Gasteiger charge is 2.39. The summed E-state index contributed by atoms with van der Waals surface area (Å²) in [5.74, 6) is 3.30. The molecule has 0 aromatic rings. The largest absolute Gasteiger partial charge is 0.151 e. The molecule has 2 nitrogen and oxygen atoms in total. The molecule has 0 spiro atoms. The molecule has 1 saturated carbocycles. The maximum Gasteiger partial charge on any atom is 0.0814 e. The van der Waals surface area contributed by atoms with E-state index in [-0.39, 0.29) is 0 Å². The Morgan fingerprint density at radius 2 is 2.21 bits per heavy atom. The molecule has 0 aliphatic heterocycles. The van der Waals surface area contributed by atoms with Gasteiger partial charge in [0.15, 0.2) is 0 Å². The third-order valence-electron chi connectivity index (χ3n) is 3.95. The van der Waals surface area contributed by atoms with Crippen LogP contribution in [0.15, 0.2) is 5.18 Å². The number of nitroso groups, excluding NO2 is 1. The smallest absolute Gasteiger partial charge is 0.0814 e. The summed E-state index contributed by atoms with van der Waals surface area (Å²) >= 11 is 0. The Bertz CT molecular complexity index is 181. The first-order valence-corrected chi connectivity index (χ1v) is 5.99. The standard InChI is InChI=1S/C12H23NO/c1-4-5-9(2)12-8-10(3)11(12)6-7-13-14/h9-12H,4-8H2,1-3H3.